The predicted octanol–water partition coefficient (Wildman–Crippen LogP) is 5.40. The van der Waals surface area contributed by atoms with Gasteiger partial charge in [-0.15, -0.1) is 5.10 Å². The zero-order valence-electron chi connectivity index (χ0n) is 20.5. The Morgan fingerprint density at radius 2 is 1.68 bits per heavy atom. The molecule has 3 aromatic carbocycles. The maximum absolute atomic E-state index is 13.9. The molecule has 1 heterocycles. The molecule has 1 N–H and O–H groups in total. The van der Waals surface area contributed by atoms with Crippen LogP contribution in [0.2, 0.25) is 5.02 Å². The summed E-state index contributed by atoms with van der Waals surface area (Å²) in [5.41, 5.74) is 1.43. The van der Waals surface area contributed by atoms with Gasteiger partial charge in [0.25, 0.3) is 5.91 Å². The molecule has 37 heavy (non-hydrogen) atoms. The van der Waals surface area contributed by atoms with E-state index in [1.807, 2.05) is 6.92 Å². The summed E-state index contributed by atoms with van der Waals surface area (Å²) in [5.74, 6) is 0.821. The van der Waals surface area contributed by atoms with Crippen molar-refractivity contribution in [3.05, 3.63) is 71.3 Å². The van der Waals surface area contributed by atoms with E-state index in [4.69, 9.17) is 30.5 Å². The Balaban J connectivity index is 1.79. The van der Waals surface area contributed by atoms with Crippen molar-refractivity contribution in [1.82, 2.24) is 14.8 Å². The van der Waals surface area contributed by atoms with Crippen molar-refractivity contribution in [2.45, 2.75) is 6.92 Å². The number of nitrogens with one attached hydrogen (secondary N) is 1. The van der Waals surface area contributed by atoms with Crippen molar-refractivity contribution in [2.24, 2.45) is 0 Å². The molecule has 11 heteroatoms. The van der Waals surface area contributed by atoms with E-state index in [1.165, 1.54) is 44.2 Å². The number of nitrogens with zero attached hydrogens (tertiary/aromatic N) is 3. The maximum atomic E-state index is 13.9. The molecule has 192 valence electrons. The fourth-order valence-electron chi connectivity index (χ4n) is 3.59. The normalized spacial score (nSPS) is 10.6. The van der Waals surface area contributed by atoms with Crippen molar-refractivity contribution in [3.8, 4) is 40.1 Å². The minimum absolute atomic E-state index is 0.107. The average molecular weight is 527 g/mol. The summed E-state index contributed by atoms with van der Waals surface area (Å²) in [5, 5.41) is 7.06. The zero-order chi connectivity index (χ0) is 26.5. The number of hydrogen-bond acceptors (Lipinski definition) is 7. The van der Waals surface area contributed by atoms with Gasteiger partial charge >= 0.3 is 0 Å². The standard InChI is InChI=1S/C26H24ClFN4O5/c1-5-37-18-9-6-16(7-10-18)29-26(33)24-30-25(32(31-24)17-8-11-20(28)19(27)14-17)15-12-21(34-2)23(36-4)22(13-15)35-3/h6-14H,5H2,1-4H3,(H,29,33). The van der Waals surface area contributed by atoms with Gasteiger partial charge < -0.3 is 24.3 Å². The van der Waals surface area contributed by atoms with Gasteiger partial charge in [0.1, 0.15) is 11.6 Å². The van der Waals surface area contributed by atoms with E-state index >= 15 is 0 Å². The van der Waals surface area contributed by atoms with Crippen LogP contribution in [0.15, 0.2) is 54.6 Å². The van der Waals surface area contributed by atoms with Crippen LogP contribution in [-0.2, 0) is 0 Å². The third kappa shape index (κ3) is 5.44. The van der Waals surface area contributed by atoms with E-state index in [0.717, 1.165) is 0 Å². The summed E-state index contributed by atoms with van der Waals surface area (Å²) in [6, 6.07) is 14.3. The van der Waals surface area contributed by atoms with Crippen LogP contribution in [0.3, 0.4) is 0 Å². The minimum Gasteiger partial charge on any atom is -0.494 e. The molecule has 0 aliphatic carbocycles. The fourth-order valence-corrected chi connectivity index (χ4v) is 3.77. The van der Waals surface area contributed by atoms with E-state index < -0.39 is 11.7 Å². The van der Waals surface area contributed by atoms with Gasteiger partial charge in [0.2, 0.25) is 11.6 Å². The zero-order valence-corrected chi connectivity index (χ0v) is 21.3. The van der Waals surface area contributed by atoms with Crippen molar-refractivity contribution in [3.63, 3.8) is 0 Å². The predicted molar refractivity (Wildman–Crippen MR) is 137 cm³/mol. The first kappa shape index (κ1) is 25.8. The summed E-state index contributed by atoms with van der Waals surface area (Å²) in [4.78, 5) is 17.6. The monoisotopic (exact) mass is 526 g/mol. The van der Waals surface area contributed by atoms with Gasteiger partial charge in [0.05, 0.1) is 38.6 Å². The molecule has 0 bridgehead atoms. The second-order valence-electron chi connectivity index (χ2n) is 7.59. The molecule has 0 saturated heterocycles. The first-order valence-corrected chi connectivity index (χ1v) is 11.5. The molecule has 1 aromatic heterocycles. The van der Waals surface area contributed by atoms with Gasteiger partial charge in [-0.3, -0.25) is 4.79 Å². The highest BCUT2D eigenvalue weighted by atomic mass is 35.5. The van der Waals surface area contributed by atoms with Gasteiger partial charge in [-0.05, 0) is 61.5 Å². The van der Waals surface area contributed by atoms with Gasteiger partial charge in [-0.1, -0.05) is 11.6 Å². The SMILES string of the molecule is CCOc1ccc(NC(=O)c2nc(-c3cc(OC)c(OC)c(OC)c3)n(-c3ccc(F)c(Cl)c3)n2)cc1. The number of methoxy groups -OCH3 is 3. The van der Waals surface area contributed by atoms with Gasteiger partial charge in [0, 0.05) is 11.3 Å². The van der Waals surface area contributed by atoms with Crippen molar-refractivity contribution in [2.75, 3.05) is 33.3 Å². The van der Waals surface area contributed by atoms with Crippen LogP contribution in [0.4, 0.5) is 10.1 Å². The van der Waals surface area contributed by atoms with E-state index in [0.29, 0.717) is 46.5 Å². The summed E-state index contributed by atoms with van der Waals surface area (Å²) in [7, 11) is 4.47. The summed E-state index contributed by atoms with van der Waals surface area (Å²) in [6.07, 6.45) is 0. The number of ether oxygens (including phenoxy) is 4. The Hall–Kier alpha value is -4.31. The van der Waals surface area contributed by atoms with Crippen LogP contribution in [0.1, 0.15) is 17.5 Å². The lowest BCUT2D eigenvalue weighted by Gasteiger charge is -2.14. The molecule has 0 fully saturated rings. The fraction of sp³-hybridized carbons (Fsp3) is 0.192. The second-order valence-corrected chi connectivity index (χ2v) is 8.00. The molecule has 0 radical (unpaired) electrons. The van der Waals surface area contributed by atoms with Crippen LogP contribution < -0.4 is 24.3 Å². The first-order valence-electron chi connectivity index (χ1n) is 11.2. The van der Waals surface area contributed by atoms with Crippen molar-refractivity contribution < 1.29 is 28.1 Å². The van der Waals surface area contributed by atoms with E-state index in [9.17, 15) is 9.18 Å². The van der Waals surface area contributed by atoms with Crippen molar-refractivity contribution >= 4 is 23.2 Å². The number of hydrogen-bond donors (Lipinski definition) is 1. The van der Waals surface area contributed by atoms with Gasteiger partial charge in [-0.2, -0.15) is 0 Å². The molecule has 0 aliphatic heterocycles. The van der Waals surface area contributed by atoms with Crippen LogP contribution in [0.25, 0.3) is 17.1 Å². The Labute approximate surface area is 217 Å². The number of rotatable bonds is 9. The molecule has 1 amide bonds. The number of carbonyl (C=O) groups excluding carboxylic acids is 1. The third-order valence-corrected chi connectivity index (χ3v) is 5.59. The quantitative estimate of drug-likeness (QED) is 0.312. The Morgan fingerprint density at radius 1 is 1.00 bits per heavy atom. The molecule has 0 atom stereocenters. The van der Waals surface area contributed by atoms with Crippen LogP contribution >= 0.6 is 11.6 Å². The van der Waals surface area contributed by atoms with Gasteiger partial charge in [0.15, 0.2) is 17.3 Å². The molecule has 0 spiro atoms. The minimum atomic E-state index is -0.590. The summed E-state index contributed by atoms with van der Waals surface area (Å²) >= 11 is 6.03. The smallest absolute Gasteiger partial charge is 0.295 e. The second kappa shape index (κ2) is 11.2. The molecular weight excluding hydrogens is 503 g/mol. The average Bonchev–Trinajstić information content (AvgIpc) is 3.36. The summed E-state index contributed by atoms with van der Waals surface area (Å²) < 4.78 is 37.0. The number of benzene rings is 3. The molecule has 0 unspecified atom stereocenters. The highest BCUT2D eigenvalue weighted by Crippen LogP contribution is 2.41. The van der Waals surface area contributed by atoms with Crippen molar-refractivity contribution in [1.29, 1.82) is 0 Å². The molecule has 4 rings (SSSR count). The van der Waals surface area contributed by atoms with Crippen LogP contribution in [-0.4, -0.2) is 48.6 Å². The number of amides is 1. The van der Waals surface area contributed by atoms with Crippen LogP contribution in [0, 0.1) is 5.82 Å². The number of carbonyl (C=O) groups is 1. The van der Waals surface area contributed by atoms with E-state index in [1.54, 1.807) is 36.4 Å². The third-order valence-electron chi connectivity index (χ3n) is 5.30. The lowest BCUT2D eigenvalue weighted by Crippen LogP contribution is -2.14. The highest BCUT2D eigenvalue weighted by molar-refractivity contribution is 6.30. The lowest BCUT2D eigenvalue weighted by atomic mass is 10.1. The molecule has 0 aliphatic rings. The maximum Gasteiger partial charge on any atom is 0.295 e. The van der Waals surface area contributed by atoms with Crippen LogP contribution in [0.5, 0.6) is 23.0 Å². The Kier molecular flexibility index (Phi) is 7.78. The number of anilines is 1. The molecule has 9 nitrogen and oxygen atoms in total. The van der Waals surface area contributed by atoms with E-state index in [-0.39, 0.29) is 16.7 Å². The molecule has 4 aromatic rings. The van der Waals surface area contributed by atoms with E-state index in [2.05, 4.69) is 15.4 Å². The van der Waals surface area contributed by atoms with Gasteiger partial charge in [-0.25, -0.2) is 14.1 Å². The molecule has 0 saturated carbocycles. The largest absolute Gasteiger partial charge is 0.494 e. The molecular formula is C26H24ClFN4O5. The number of aromatic nitrogens is 3. The topological polar surface area (TPSA) is 96.7 Å². The Morgan fingerprint density at radius 3 is 2.24 bits per heavy atom. The number of halogens is 2. The lowest BCUT2D eigenvalue weighted by molar-refractivity contribution is 0.101. The Bertz CT molecular complexity index is 1400. The summed E-state index contributed by atoms with van der Waals surface area (Å²) in [6.45, 7) is 2.42. The first-order chi connectivity index (χ1) is 17.9. The highest BCUT2D eigenvalue weighted by Gasteiger charge is 2.23.